The Morgan fingerprint density at radius 1 is 1.29 bits per heavy atom. The van der Waals surface area contributed by atoms with Crippen molar-refractivity contribution in [1.29, 1.82) is 0 Å². The highest BCUT2D eigenvalue weighted by Gasteiger charge is 2.23. The van der Waals surface area contributed by atoms with Crippen LogP contribution in [0.4, 0.5) is 4.79 Å². The van der Waals surface area contributed by atoms with Gasteiger partial charge in [0.2, 0.25) is 0 Å². The quantitative estimate of drug-likeness (QED) is 0.676. The number of carbonyl (C=O) groups is 2. The Kier molecular flexibility index (Phi) is 5.95. The average molecular weight is 247 g/mol. The SMILES string of the molecule is C[C@H](O)CC[C@@H](NC(=O)OC(C)(C)C)C(=O)O. The van der Waals surface area contributed by atoms with Crippen molar-refractivity contribution in [3.8, 4) is 0 Å². The van der Waals surface area contributed by atoms with E-state index in [1.165, 1.54) is 0 Å². The minimum Gasteiger partial charge on any atom is -0.480 e. The molecular formula is C11H21NO5. The number of alkyl carbamates (subject to hydrolysis) is 1. The lowest BCUT2D eigenvalue weighted by molar-refractivity contribution is -0.139. The van der Waals surface area contributed by atoms with Crippen LogP contribution in [0.25, 0.3) is 0 Å². The van der Waals surface area contributed by atoms with E-state index in [9.17, 15) is 9.59 Å². The first-order chi connectivity index (χ1) is 7.61. The number of hydrogen-bond acceptors (Lipinski definition) is 4. The fourth-order valence-electron chi connectivity index (χ4n) is 1.12. The highest BCUT2D eigenvalue weighted by atomic mass is 16.6. The number of carboxylic acid groups (broad SMARTS) is 1. The van der Waals surface area contributed by atoms with E-state index in [2.05, 4.69) is 5.32 Å². The van der Waals surface area contributed by atoms with Crippen LogP contribution in [-0.4, -0.2) is 40.0 Å². The van der Waals surface area contributed by atoms with Crippen LogP contribution in [0.2, 0.25) is 0 Å². The fourth-order valence-corrected chi connectivity index (χ4v) is 1.12. The second-order valence-electron chi connectivity index (χ2n) is 4.96. The lowest BCUT2D eigenvalue weighted by atomic mass is 10.1. The van der Waals surface area contributed by atoms with Crippen LogP contribution in [0.3, 0.4) is 0 Å². The molecule has 0 aliphatic heterocycles. The molecule has 0 radical (unpaired) electrons. The molecule has 0 bridgehead atoms. The van der Waals surface area contributed by atoms with Crippen LogP contribution in [-0.2, 0) is 9.53 Å². The summed E-state index contributed by atoms with van der Waals surface area (Å²) in [4.78, 5) is 22.2. The van der Waals surface area contributed by atoms with Crippen molar-refractivity contribution in [1.82, 2.24) is 5.32 Å². The maximum atomic E-state index is 11.4. The smallest absolute Gasteiger partial charge is 0.408 e. The number of ether oxygens (including phenoxy) is 1. The Bertz CT molecular complexity index is 270. The molecular weight excluding hydrogens is 226 g/mol. The number of aliphatic hydroxyl groups is 1. The largest absolute Gasteiger partial charge is 0.480 e. The zero-order valence-electron chi connectivity index (χ0n) is 10.7. The van der Waals surface area contributed by atoms with E-state index in [-0.39, 0.29) is 6.42 Å². The highest BCUT2D eigenvalue weighted by Crippen LogP contribution is 2.08. The van der Waals surface area contributed by atoms with Crippen LogP contribution in [0.5, 0.6) is 0 Å². The Morgan fingerprint density at radius 3 is 2.18 bits per heavy atom. The first-order valence-electron chi connectivity index (χ1n) is 5.52. The maximum Gasteiger partial charge on any atom is 0.408 e. The molecule has 0 aromatic heterocycles. The molecule has 0 spiro atoms. The summed E-state index contributed by atoms with van der Waals surface area (Å²) in [6, 6.07) is -1.04. The van der Waals surface area contributed by atoms with Gasteiger partial charge >= 0.3 is 12.1 Å². The van der Waals surface area contributed by atoms with Gasteiger partial charge in [-0.2, -0.15) is 0 Å². The van der Waals surface area contributed by atoms with E-state index in [4.69, 9.17) is 14.9 Å². The normalized spacial score (nSPS) is 14.9. The van der Waals surface area contributed by atoms with E-state index in [0.717, 1.165) is 0 Å². The van der Waals surface area contributed by atoms with E-state index < -0.39 is 29.8 Å². The van der Waals surface area contributed by atoms with Gasteiger partial charge in [0.25, 0.3) is 0 Å². The van der Waals surface area contributed by atoms with Crippen molar-refractivity contribution in [2.45, 2.75) is 58.3 Å². The van der Waals surface area contributed by atoms with Crippen molar-refractivity contribution < 1.29 is 24.5 Å². The maximum absolute atomic E-state index is 11.4. The van der Waals surface area contributed by atoms with Crippen molar-refractivity contribution in [3.63, 3.8) is 0 Å². The molecule has 2 atom stereocenters. The molecule has 0 aromatic carbocycles. The number of carboxylic acids is 1. The molecule has 0 heterocycles. The van der Waals surface area contributed by atoms with Crippen LogP contribution in [0, 0.1) is 0 Å². The summed E-state index contributed by atoms with van der Waals surface area (Å²) in [5.74, 6) is -1.14. The summed E-state index contributed by atoms with van der Waals surface area (Å²) in [7, 11) is 0. The highest BCUT2D eigenvalue weighted by molar-refractivity contribution is 5.79. The summed E-state index contributed by atoms with van der Waals surface area (Å²) in [5.41, 5.74) is -0.669. The van der Waals surface area contributed by atoms with Gasteiger partial charge in [-0.25, -0.2) is 9.59 Å². The Labute approximate surface area is 101 Å². The number of aliphatic hydroxyl groups excluding tert-OH is 1. The third kappa shape index (κ3) is 8.50. The fraction of sp³-hybridized carbons (Fsp3) is 0.818. The van der Waals surface area contributed by atoms with Gasteiger partial charge in [0, 0.05) is 0 Å². The minimum absolute atomic E-state index is 0.159. The third-order valence-corrected chi connectivity index (χ3v) is 1.86. The lowest BCUT2D eigenvalue weighted by Crippen LogP contribution is -2.43. The monoisotopic (exact) mass is 247 g/mol. The molecule has 0 fully saturated rings. The second-order valence-corrected chi connectivity index (χ2v) is 4.96. The molecule has 0 aliphatic carbocycles. The first-order valence-corrected chi connectivity index (χ1v) is 5.52. The molecule has 6 nitrogen and oxygen atoms in total. The molecule has 17 heavy (non-hydrogen) atoms. The summed E-state index contributed by atoms with van der Waals surface area (Å²) < 4.78 is 4.95. The number of hydrogen-bond donors (Lipinski definition) is 3. The Hall–Kier alpha value is -1.30. The lowest BCUT2D eigenvalue weighted by Gasteiger charge is -2.22. The molecule has 0 unspecified atom stereocenters. The third-order valence-electron chi connectivity index (χ3n) is 1.86. The van der Waals surface area contributed by atoms with Crippen LogP contribution >= 0.6 is 0 Å². The van der Waals surface area contributed by atoms with Gasteiger partial charge in [-0.1, -0.05) is 0 Å². The minimum atomic E-state index is -1.14. The second kappa shape index (κ2) is 6.44. The summed E-state index contributed by atoms with van der Waals surface area (Å²) in [5, 5.41) is 20.2. The number of aliphatic carboxylic acids is 1. The number of carbonyl (C=O) groups excluding carboxylic acids is 1. The van der Waals surface area contributed by atoms with Crippen LogP contribution < -0.4 is 5.32 Å². The number of rotatable bonds is 5. The van der Waals surface area contributed by atoms with Gasteiger partial charge in [-0.3, -0.25) is 0 Å². The van der Waals surface area contributed by atoms with Gasteiger partial charge < -0.3 is 20.3 Å². The van der Waals surface area contributed by atoms with E-state index in [1.807, 2.05) is 0 Å². The number of amides is 1. The van der Waals surface area contributed by atoms with Crippen molar-refractivity contribution >= 4 is 12.1 Å². The number of nitrogens with one attached hydrogen (secondary N) is 1. The molecule has 0 saturated carbocycles. The van der Waals surface area contributed by atoms with Gasteiger partial charge in [0.05, 0.1) is 6.10 Å². The Morgan fingerprint density at radius 2 is 1.82 bits per heavy atom. The van der Waals surface area contributed by atoms with E-state index in [1.54, 1.807) is 27.7 Å². The summed E-state index contributed by atoms with van der Waals surface area (Å²) in [6.07, 6.45) is -0.910. The van der Waals surface area contributed by atoms with Crippen LogP contribution in [0.15, 0.2) is 0 Å². The molecule has 0 saturated heterocycles. The van der Waals surface area contributed by atoms with Gasteiger partial charge in [0.15, 0.2) is 0 Å². The predicted molar refractivity (Wildman–Crippen MR) is 61.7 cm³/mol. The summed E-state index contributed by atoms with van der Waals surface area (Å²) in [6.45, 7) is 6.64. The molecule has 0 rings (SSSR count). The summed E-state index contributed by atoms with van der Waals surface area (Å²) >= 11 is 0. The van der Waals surface area contributed by atoms with Crippen molar-refractivity contribution in [2.24, 2.45) is 0 Å². The molecule has 1 amide bonds. The molecule has 3 N–H and O–H groups in total. The first kappa shape index (κ1) is 15.7. The molecule has 100 valence electrons. The average Bonchev–Trinajstić information content (AvgIpc) is 2.08. The standard InChI is InChI=1S/C11H21NO5/c1-7(13)5-6-8(9(14)15)12-10(16)17-11(2,3)4/h7-8,13H,5-6H2,1-4H3,(H,12,16)(H,14,15)/t7-,8+/m0/s1. The van der Waals surface area contributed by atoms with Crippen molar-refractivity contribution in [3.05, 3.63) is 0 Å². The zero-order chi connectivity index (χ0) is 13.6. The van der Waals surface area contributed by atoms with Gasteiger partial charge in [-0.05, 0) is 40.5 Å². The van der Waals surface area contributed by atoms with Gasteiger partial charge in [-0.15, -0.1) is 0 Å². The molecule has 6 heteroatoms. The van der Waals surface area contributed by atoms with E-state index in [0.29, 0.717) is 6.42 Å². The molecule has 0 aliphatic rings. The topological polar surface area (TPSA) is 95.9 Å². The van der Waals surface area contributed by atoms with E-state index >= 15 is 0 Å². The predicted octanol–water partition coefficient (Wildman–Crippen LogP) is 1.13. The molecule has 0 aromatic rings. The van der Waals surface area contributed by atoms with Crippen LogP contribution in [0.1, 0.15) is 40.5 Å². The van der Waals surface area contributed by atoms with Crippen molar-refractivity contribution in [2.75, 3.05) is 0 Å². The van der Waals surface area contributed by atoms with Gasteiger partial charge in [0.1, 0.15) is 11.6 Å². The zero-order valence-corrected chi connectivity index (χ0v) is 10.7. The Balaban J connectivity index is 4.26.